The SMILES string of the molecule is Nc1cc(Cl)c(Cl)c(C(=O)OCC2CCCC2)c1. The van der Waals surface area contributed by atoms with Gasteiger partial charge in [0.1, 0.15) is 0 Å². The lowest BCUT2D eigenvalue weighted by Crippen LogP contribution is -2.13. The molecule has 0 spiro atoms. The van der Waals surface area contributed by atoms with E-state index in [9.17, 15) is 4.79 Å². The number of ether oxygens (including phenoxy) is 1. The second-order valence-corrected chi connectivity index (χ2v) is 5.40. The quantitative estimate of drug-likeness (QED) is 0.677. The fourth-order valence-corrected chi connectivity index (χ4v) is 2.62. The van der Waals surface area contributed by atoms with Crippen LogP contribution in [0.2, 0.25) is 10.0 Å². The highest BCUT2D eigenvalue weighted by atomic mass is 35.5. The average Bonchev–Trinajstić information content (AvgIpc) is 2.83. The Bertz CT molecular complexity index is 457. The molecule has 1 aromatic carbocycles. The first kappa shape index (κ1) is 13.5. The van der Waals surface area contributed by atoms with Crippen LogP contribution in [0.25, 0.3) is 0 Å². The summed E-state index contributed by atoms with van der Waals surface area (Å²) in [6.45, 7) is 0.446. The lowest BCUT2D eigenvalue weighted by Gasteiger charge is -2.11. The van der Waals surface area contributed by atoms with E-state index in [2.05, 4.69) is 0 Å². The van der Waals surface area contributed by atoms with E-state index in [0.29, 0.717) is 18.2 Å². The molecular weight excluding hydrogens is 273 g/mol. The van der Waals surface area contributed by atoms with E-state index in [-0.39, 0.29) is 15.6 Å². The minimum atomic E-state index is -0.457. The van der Waals surface area contributed by atoms with Crippen LogP contribution in [0.1, 0.15) is 36.0 Å². The van der Waals surface area contributed by atoms with E-state index in [1.54, 1.807) is 0 Å². The van der Waals surface area contributed by atoms with E-state index < -0.39 is 5.97 Å². The molecule has 0 atom stereocenters. The maximum Gasteiger partial charge on any atom is 0.339 e. The summed E-state index contributed by atoms with van der Waals surface area (Å²) in [7, 11) is 0. The van der Waals surface area contributed by atoms with E-state index in [4.69, 9.17) is 33.7 Å². The fourth-order valence-electron chi connectivity index (χ4n) is 2.21. The van der Waals surface area contributed by atoms with Gasteiger partial charge in [-0.05, 0) is 30.9 Å². The highest BCUT2D eigenvalue weighted by Gasteiger charge is 2.20. The normalized spacial score (nSPS) is 15.9. The zero-order chi connectivity index (χ0) is 13.1. The number of benzene rings is 1. The molecule has 0 saturated heterocycles. The van der Waals surface area contributed by atoms with Crippen molar-refractivity contribution in [2.24, 2.45) is 5.92 Å². The highest BCUT2D eigenvalue weighted by molar-refractivity contribution is 6.44. The number of rotatable bonds is 3. The average molecular weight is 288 g/mol. The number of hydrogen-bond acceptors (Lipinski definition) is 3. The molecular formula is C13H15Cl2NO2. The van der Waals surface area contributed by atoms with Gasteiger partial charge in [-0.3, -0.25) is 0 Å². The highest BCUT2D eigenvalue weighted by Crippen LogP contribution is 2.30. The van der Waals surface area contributed by atoms with Crippen LogP contribution >= 0.6 is 23.2 Å². The smallest absolute Gasteiger partial charge is 0.339 e. The fraction of sp³-hybridized carbons (Fsp3) is 0.462. The molecule has 18 heavy (non-hydrogen) atoms. The lowest BCUT2D eigenvalue weighted by molar-refractivity contribution is 0.0443. The number of nitrogen functional groups attached to an aromatic ring is 1. The third-order valence-corrected chi connectivity index (χ3v) is 4.00. The molecule has 0 heterocycles. The van der Waals surface area contributed by atoms with Crippen molar-refractivity contribution < 1.29 is 9.53 Å². The predicted molar refractivity (Wildman–Crippen MR) is 73.1 cm³/mol. The number of anilines is 1. The van der Waals surface area contributed by atoms with Gasteiger partial charge in [0, 0.05) is 5.69 Å². The van der Waals surface area contributed by atoms with Crippen LogP contribution in [0, 0.1) is 5.92 Å². The Kier molecular flexibility index (Phi) is 4.36. The Hall–Kier alpha value is -0.930. The summed E-state index contributed by atoms with van der Waals surface area (Å²) in [5.41, 5.74) is 6.27. The monoisotopic (exact) mass is 287 g/mol. The zero-order valence-electron chi connectivity index (χ0n) is 9.92. The van der Waals surface area contributed by atoms with Gasteiger partial charge in [-0.15, -0.1) is 0 Å². The van der Waals surface area contributed by atoms with Gasteiger partial charge in [0.15, 0.2) is 0 Å². The molecule has 1 aromatic rings. The van der Waals surface area contributed by atoms with Crippen molar-refractivity contribution in [2.45, 2.75) is 25.7 Å². The molecule has 0 aliphatic heterocycles. The number of carbonyl (C=O) groups excluding carboxylic acids is 1. The van der Waals surface area contributed by atoms with Crippen molar-refractivity contribution in [1.29, 1.82) is 0 Å². The number of hydrogen-bond donors (Lipinski definition) is 1. The van der Waals surface area contributed by atoms with Gasteiger partial charge in [0.05, 0.1) is 22.2 Å². The maximum atomic E-state index is 11.9. The molecule has 1 aliphatic carbocycles. The lowest BCUT2D eigenvalue weighted by atomic mass is 10.1. The van der Waals surface area contributed by atoms with Crippen molar-refractivity contribution in [2.75, 3.05) is 12.3 Å². The second-order valence-electron chi connectivity index (χ2n) is 4.61. The van der Waals surface area contributed by atoms with E-state index in [1.807, 2.05) is 0 Å². The predicted octanol–water partition coefficient (Wildman–Crippen LogP) is 3.92. The molecule has 98 valence electrons. The van der Waals surface area contributed by atoms with Gasteiger partial charge in [-0.1, -0.05) is 36.0 Å². The first-order chi connectivity index (χ1) is 8.58. The van der Waals surface area contributed by atoms with Gasteiger partial charge >= 0.3 is 5.97 Å². The summed E-state index contributed by atoms with van der Waals surface area (Å²) < 4.78 is 5.27. The third kappa shape index (κ3) is 3.09. The van der Waals surface area contributed by atoms with Gasteiger partial charge < -0.3 is 10.5 Å². The Morgan fingerprint density at radius 2 is 2.00 bits per heavy atom. The minimum absolute atomic E-state index is 0.197. The summed E-state index contributed by atoms with van der Waals surface area (Å²) in [6, 6.07) is 3.00. The van der Waals surface area contributed by atoms with Crippen LogP contribution in [0.5, 0.6) is 0 Å². The van der Waals surface area contributed by atoms with E-state index >= 15 is 0 Å². The number of halogens is 2. The van der Waals surface area contributed by atoms with E-state index in [1.165, 1.54) is 25.0 Å². The molecule has 1 fully saturated rings. The molecule has 1 aliphatic rings. The molecule has 0 unspecified atom stereocenters. The van der Waals surface area contributed by atoms with E-state index in [0.717, 1.165) is 12.8 Å². The largest absolute Gasteiger partial charge is 0.462 e. The van der Waals surface area contributed by atoms with Gasteiger partial charge in [-0.25, -0.2) is 4.79 Å². The summed E-state index contributed by atoms with van der Waals surface area (Å²) in [4.78, 5) is 11.9. The number of carbonyl (C=O) groups is 1. The van der Waals surface area contributed by atoms with Crippen LogP contribution in [-0.4, -0.2) is 12.6 Å². The molecule has 2 N–H and O–H groups in total. The van der Waals surface area contributed by atoms with Crippen molar-refractivity contribution in [3.8, 4) is 0 Å². The Balaban J connectivity index is 2.04. The standard InChI is InChI=1S/C13H15Cl2NO2/c14-11-6-9(16)5-10(12(11)15)13(17)18-7-8-3-1-2-4-8/h5-6,8H,1-4,7,16H2. The second kappa shape index (κ2) is 5.81. The van der Waals surface area contributed by atoms with Gasteiger partial charge in [0.2, 0.25) is 0 Å². The van der Waals surface area contributed by atoms with Crippen LogP contribution in [0.15, 0.2) is 12.1 Å². The van der Waals surface area contributed by atoms with Gasteiger partial charge in [-0.2, -0.15) is 0 Å². The zero-order valence-corrected chi connectivity index (χ0v) is 11.4. The van der Waals surface area contributed by atoms with Crippen molar-refractivity contribution in [1.82, 2.24) is 0 Å². The number of nitrogens with two attached hydrogens (primary N) is 1. The molecule has 5 heteroatoms. The Labute approximate surface area is 116 Å². The Morgan fingerprint density at radius 1 is 1.33 bits per heavy atom. The topological polar surface area (TPSA) is 52.3 Å². The van der Waals surface area contributed by atoms with Gasteiger partial charge in [0.25, 0.3) is 0 Å². The molecule has 3 nitrogen and oxygen atoms in total. The molecule has 0 radical (unpaired) electrons. The summed E-state index contributed by atoms with van der Waals surface area (Å²) >= 11 is 11.8. The first-order valence-corrected chi connectivity index (χ1v) is 6.75. The molecule has 0 aromatic heterocycles. The van der Waals surface area contributed by atoms with Crippen molar-refractivity contribution >= 4 is 34.9 Å². The molecule has 0 bridgehead atoms. The Morgan fingerprint density at radius 3 is 2.67 bits per heavy atom. The molecule has 1 saturated carbocycles. The van der Waals surface area contributed by atoms with Crippen LogP contribution in [0.3, 0.4) is 0 Å². The van der Waals surface area contributed by atoms with Crippen LogP contribution < -0.4 is 5.73 Å². The third-order valence-electron chi connectivity index (χ3n) is 3.20. The van der Waals surface area contributed by atoms with Crippen molar-refractivity contribution in [3.63, 3.8) is 0 Å². The summed E-state index contributed by atoms with van der Waals surface area (Å²) in [5.74, 6) is 0.0188. The summed E-state index contributed by atoms with van der Waals surface area (Å²) in [5, 5.41) is 0.465. The summed E-state index contributed by atoms with van der Waals surface area (Å²) in [6.07, 6.45) is 4.68. The maximum absolute atomic E-state index is 11.9. The molecule has 2 rings (SSSR count). The van der Waals surface area contributed by atoms with Crippen LogP contribution in [0.4, 0.5) is 5.69 Å². The number of esters is 1. The van der Waals surface area contributed by atoms with Crippen LogP contribution in [-0.2, 0) is 4.74 Å². The first-order valence-electron chi connectivity index (χ1n) is 5.99. The molecule has 0 amide bonds. The minimum Gasteiger partial charge on any atom is -0.462 e. The van der Waals surface area contributed by atoms with Crippen molar-refractivity contribution in [3.05, 3.63) is 27.7 Å².